The summed E-state index contributed by atoms with van der Waals surface area (Å²) >= 11 is 0. The van der Waals surface area contributed by atoms with Crippen LogP contribution < -0.4 is 0 Å². The topological polar surface area (TPSA) is 18.5 Å². The molecule has 0 saturated heterocycles. The first-order valence-electron chi connectivity index (χ1n) is 8.06. The predicted octanol–water partition coefficient (Wildman–Crippen LogP) is 5.14. The minimum atomic E-state index is -1.66. The van der Waals surface area contributed by atoms with E-state index >= 15 is 0 Å². The van der Waals surface area contributed by atoms with Gasteiger partial charge in [-0.05, 0) is 64.1 Å². The van der Waals surface area contributed by atoms with E-state index in [1.807, 2.05) is 0 Å². The lowest BCUT2D eigenvalue weighted by atomic mass is 9.90. The fourth-order valence-corrected chi connectivity index (χ4v) is 5.90. The van der Waals surface area contributed by atoms with Crippen molar-refractivity contribution in [3.63, 3.8) is 0 Å². The van der Waals surface area contributed by atoms with Gasteiger partial charge in [-0.25, -0.2) is 0 Å². The van der Waals surface area contributed by atoms with Gasteiger partial charge in [-0.15, -0.1) is 0 Å². The lowest BCUT2D eigenvalue weighted by Crippen LogP contribution is -2.49. The Morgan fingerprint density at radius 3 is 2.10 bits per heavy atom. The molecule has 21 heavy (non-hydrogen) atoms. The monoisotopic (exact) mass is 322 g/mol. The van der Waals surface area contributed by atoms with Crippen LogP contribution in [-0.4, -0.2) is 22.7 Å². The Kier molecular flexibility index (Phi) is 4.83. The molecule has 2 atom stereocenters. The molecule has 0 aliphatic heterocycles. The summed E-state index contributed by atoms with van der Waals surface area (Å²) in [5.74, 6) is 0. The average Bonchev–Trinajstić information content (AvgIpc) is 2.70. The molecule has 1 fully saturated rings. The van der Waals surface area contributed by atoms with Crippen LogP contribution in [-0.2, 0) is 14.5 Å². The summed E-state index contributed by atoms with van der Waals surface area (Å²) in [7, 11) is -3.24. The highest BCUT2D eigenvalue weighted by Crippen LogP contribution is 2.46. The molecule has 118 valence electrons. The Hall–Kier alpha value is -0.426. The molecule has 1 saturated carbocycles. The lowest BCUT2D eigenvalue weighted by molar-refractivity contribution is -0.0336. The standard InChI is InChI=1S/C17H30O2Si2/c1-20(2,3)18-16-13-10-14-17(16,19-21(4,5)6)15-11-8-7-9-12-15/h7-9,11-12,16H,10,13-14H2,1-6H3. The molecule has 0 N–H and O–H groups in total. The smallest absolute Gasteiger partial charge is 0.185 e. The van der Waals surface area contributed by atoms with Crippen LogP contribution in [0.3, 0.4) is 0 Å². The summed E-state index contributed by atoms with van der Waals surface area (Å²) in [5.41, 5.74) is 1.07. The Labute approximate surface area is 132 Å². The maximum Gasteiger partial charge on any atom is 0.185 e. The van der Waals surface area contributed by atoms with Gasteiger partial charge in [-0.3, -0.25) is 0 Å². The second-order valence-electron chi connectivity index (χ2n) is 8.08. The quantitative estimate of drug-likeness (QED) is 0.699. The number of hydrogen-bond donors (Lipinski definition) is 0. The van der Waals surface area contributed by atoms with Crippen molar-refractivity contribution in [2.24, 2.45) is 0 Å². The molecule has 0 heterocycles. The molecule has 2 rings (SSSR count). The van der Waals surface area contributed by atoms with E-state index in [2.05, 4.69) is 69.6 Å². The van der Waals surface area contributed by atoms with E-state index < -0.39 is 16.6 Å². The van der Waals surface area contributed by atoms with Crippen molar-refractivity contribution in [3.8, 4) is 0 Å². The molecule has 1 aromatic carbocycles. The molecule has 0 spiro atoms. The summed E-state index contributed by atoms with van der Waals surface area (Å²) in [5, 5.41) is 0. The van der Waals surface area contributed by atoms with E-state index in [0.717, 1.165) is 12.8 Å². The van der Waals surface area contributed by atoms with Gasteiger partial charge in [-0.1, -0.05) is 30.3 Å². The zero-order valence-corrected chi connectivity index (χ0v) is 16.4. The first-order valence-corrected chi connectivity index (χ1v) is 14.9. The summed E-state index contributed by atoms with van der Waals surface area (Å²) in [4.78, 5) is 0. The molecular weight excluding hydrogens is 292 g/mol. The van der Waals surface area contributed by atoms with Gasteiger partial charge >= 0.3 is 0 Å². The van der Waals surface area contributed by atoms with E-state index in [1.165, 1.54) is 12.0 Å². The van der Waals surface area contributed by atoms with E-state index in [1.54, 1.807) is 0 Å². The van der Waals surface area contributed by atoms with Crippen molar-refractivity contribution in [1.29, 1.82) is 0 Å². The van der Waals surface area contributed by atoms with Crippen molar-refractivity contribution >= 4 is 16.6 Å². The van der Waals surface area contributed by atoms with Crippen molar-refractivity contribution in [3.05, 3.63) is 35.9 Å². The first kappa shape index (κ1) is 16.9. The molecule has 0 radical (unpaired) electrons. The highest BCUT2D eigenvalue weighted by molar-refractivity contribution is 6.70. The van der Waals surface area contributed by atoms with Crippen LogP contribution in [0.15, 0.2) is 30.3 Å². The SMILES string of the molecule is C[Si](C)(C)OC1CCCC1(O[Si](C)(C)C)c1ccccc1. The van der Waals surface area contributed by atoms with E-state index in [4.69, 9.17) is 8.85 Å². The van der Waals surface area contributed by atoms with Crippen LogP contribution in [0.25, 0.3) is 0 Å². The molecular formula is C17H30O2Si2. The molecule has 4 heteroatoms. The van der Waals surface area contributed by atoms with Crippen LogP contribution in [0.2, 0.25) is 39.3 Å². The summed E-state index contributed by atoms with van der Waals surface area (Å²) in [6.07, 6.45) is 3.59. The van der Waals surface area contributed by atoms with Gasteiger partial charge in [0.25, 0.3) is 0 Å². The van der Waals surface area contributed by atoms with Crippen molar-refractivity contribution < 1.29 is 8.85 Å². The van der Waals surface area contributed by atoms with Crippen molar-refractivity contribution in [2.75, 3.05) is 0 Å². The van der Waals surface area contributed by atoms with Crippen molar-refractivity contribution in [2.45, 2.75) is 70.2 Å². The zero-order valence-electron chi connectivity index (χ0n) is 14.4. The third-order valence-electron chi connectivity index (χ3n) is 3.78. The van der Waals surface area contributed by atoms with Gasteiger partial charge in [0.2, 0.25) is 0 Å². The highest BCUT2D eigenvalue weighted by atomic mass is 28.4. The molecule has 2 unspecified atom stereocenters. The van der Waals surface area contributed by atoms with Gasteiger partial charge in [0.15, 0.2) is 16.6 Å². The minimum absolute atomic E-state index is 0.207. The lowest BCUT2D eigenvalue weighted by Gasteiger charge is -2.43. The summed E-state index contributed by atoms with van der Waals surface area (Å²) in [6, 6.07) is 10.7. The van der Waals surface area contributed by atoms with E-state index in [0.29, 0.717) is 0 Å². The molecule has 1 aliphatic rings. The summed E-state index contributed by atoms with van der Waals surface area (Å²) in [6.45, 7) is 13.7. The second-order valence-corrected chi connectivity index (χ2v) is 17.0. The molecule has 0 aromatic heterocycles. The Bertz CT molecular complexity index is 462. The Morgan fingerprint density at radius 2 is 1.57 bits per heavy atom. The van der Waals surface area contributed by atoms with Crippen LogP contribution in [0.4, 0.5) is 0 Å². The molecule has 1 aliphatic carbocycles. The fraction of sp³-hybridized carbons (Fsp3) is 0.647. The van der Waals surface area contributed by atoms with Gasteiger partial charge < -0.3 is 8.85 Å². The van der Waals surface area contributed by atoms with Gasteiger partial charge in [0.05, 0.1) is 6.10 Å². The van der Waals surface area contributed by atoms with Crippen molar-refractivity contribution in [1.82, 2.24) is 0 Å². The predicted molar refractivity (Wildman–Crippen MR) is 94.6 cm³/mol. The first-order chi connectivity index (χ1) is 9.62. The maximum absolute atomic E-state index is 6.77. The number of rotatable bonds is 5. The average molecular weight is 323 g/mol. The van der Waals surface area contributed by atoms with Crippen LogP contribution in [0, 0.1) is 0 Å². The fourth-order valence-electron chi connectivity index (χ4n) is 3.30. The van der Waals surface area contributed by atoms with E-state index in [-0.39, 0.29) is 11.7 Å². The third kappa shape index (κ3) is 4.28. The zero-order chi connectivity index (χ0) is 15.7. The van der Waals surface area contributed by atoms with Crippen LogP contribution in [0.5, 0.6) is 0 Å². The van der Waals surface area contributed by atoms with Gasteiger partial charge in [-0.2, -0.15) is 0 Å². The maximum atomic E-state index is 6.77. The third-order valence-corrected chi connectivity index (χ3v) is 5.75. The minimum Gasteiger partial charge on any atom is -0.411 e. The summed E-state index contributed by atoms with van der Waals surface area (Å²) < 4.78 is 13.3. The largest absolute Gasteiger partial charge is 0.411 e. The van der Waals surface area contributed by atoms with Gasteiger partial charge in [0, 0.05) is 0 Å². The van der Waals surface area contributed by atoms with Crippen LogP contribution >= 0.6 is 0 Å². The van der Waals surface area contributed by atoms with Crippen LogP contribution in [0.1, 0.15) is 24.8 Å². The number of hydrogen-bond acceptors (Lipinski definition) is 2. The van der Waals surface area contributed by atoms with E-state index in [9.17, 15) is 0 Å². The molecule has 1 aromatic rings. The highest BCUT2D eigenvalue weighted by Gasteiger charge is 2.49. The molecule has 0 amide bonds. The second kappa shape index (κ2) is 5.99. The van der Waals surface area contributed by atoms with Gasteiger partial charge in [0.1, 0.15) is 5.60 Å². The normalized spacial score (nSPS) is 27.0. The number of benzene rings is 1. The Balaban J connectivity index is 2.40. The molecule has 0 bridgehead atoms. The Morgan fingerprint density at radius 1 is 0.952 bits per heavy atom. The molecule has 2 nitrogen and oxygen atoms in total.